The van der Waals surface area contributed by atoms with Gasteiger partial charge in [-0.1, -0.05) is 36.8 Å². The molecule has 0 spiro atoms. The van der Waals surface area contributed by atoms with Crippen LogP contribution in [0.2, 0.25) is 0 Å². The Morgan fingerprint density at radius 1 is 1.04 bits per heavy atom. The van der Waals surface area contributed by atoms with Gasteiger partial charge in [0, 0.05) is 36.4 Å². The molecule has 2 aliphatic rings. The van der Waals surface area contributed by atoms with Crippen LogP contribution in [0.3, 0.4) is 0 Å². The van der Waals surface area contributed by atoms with E-state index in [-0.39, 0.29) is 11.4 Å². The second kappa shape index (κ2) is 7.86. The molecule has 1 aliphatic carbocycles. The summed E-state index contributed by atoms with van der Waals surface area (Å²) >= 11 is 0. The Hall–Kier alpha value is -2.49. The minimum absolute atomic E-state index is 0.125. The van der Waals surface area contributed by atoms with Crippen molar-refractivity contribution >= 4 is 17.4 Å². The number of carbonyl (C=O) groups is 1. The van der Waals surface area contributed by atoms with Gasteiger partial charge >= 0.3 is 6.03 Å². The smallest absolute Gasteiger partial charge is 0.319 e. The lowest BCUT2D eigenvalue weighted by Crippen LogP contribution is -2.35. The molecule has 2 aromatic rings. The summed E-state index contributed by atoms with van der Waals surface area (Å²) in [5, 5.41) is 6.04. The number of nitrogens with zero attached hydrogens (tertiary/aromatic N) is 1. The molecular weight excluding hydrogens is 346 g/mol. The lowest BCUT2D eigenvalue weighted by Gasteiger charge is -2.32. The van der Waals surface area contributed by atoms with Crippen LogP contribution in [-0.2, 0) is 5.41 Å². The van der Waals surface area contributed by atoms with Gasteiger partial charge in [0.2, 0.25) is 0 Å². The summed E-state index contributed by atoms with van der Waals surface area (Å²) in [7, 11) is 0. The molecule has 4 nitrogen and oxygen atoms in total. The second-order valence-corrected chi connectivity index (χ2v) is 8.67. The molecule has 148 valence electrons. The third-order valence-electron chi connectivity index (χ3n) is 6.38. The number of aryl methyl sites for hydroxylation is 1. The van der Waals surface area contributed by atoms with Crippen LogP contribution in [0.15, 0.2) is 48.5 Å². The Morgan fingerprint density at radius 3 is 2.29 bits per heavy atom. The zero-order valence-corrected chi connectivity index (χ0v) is 17.0. The Morgan fingerprint density at radius 2 is 1.68 bits per heavy atom. The molecule has 2 aromatic carbocycles. The number of carbonyl (C=O) groups excluding carboxylic acids is 1. The summed E-state index contributed by atoms with van der Waals surface area (Å²) in [6, 6.07) is 16.8. The molecule has 0 radical (unpaired) electrons. The third-order valence-corrected chi connectivity index (χ3v) is 6.38. The quantitative estimate of drug-likeness (QED) is 0.763. The van der Waals surface area contributed by atoms with Crippen molar-refractivity contribution in [3.05, 3.63) is 59.7 Å². The predicted octanol–water partition coefficient (Wildman–Crippen LogP) is 5.08. The van der Waals surface area contributed by atoms with Crippen LogP contribution in [0, 0.1) is 12.8 Å². The second-order valence-electron chi connectivity index (χ2n) is 8.67. The number of amides is 2. The van der Waals surface area contributed by atoms with Crippen LogP contribution in [0.4, 0.5) is 16.2 Å². The van der Waals surface area contributed by atoms with Crippen LogP contribution in [0.1, 0.15) is 43.7 Å². The van der Waals surface area contributed by atoms with Crippen LogP contribution >= 0.6 is 0 Å². The molecule has 28 heavy (non-hydrogen) atoms. The molecule has 1 saturated carbocycles. The van der Waals surface area contributed by atoms with Crippen molar-refractivity contribution in [1.82, 2.24) is 5.32 Å². The van der Waals surface area contributed by atoms with E-state index in [0.717, 1.165) is 37.5 Å². The highest BCUT2D eigenvalue weighted by atomic mass is 16.2. The number of nitrogens with one attached hydrogen (secondary N) is 2. The van der Waals surface area contributed by atoms with Crippen molar-refractivity contribution in [2.75, 3.05) is 29.9 Å². The molecule has 0 unspecified atom stereocenters. The number of anilines is 2. The molecule has 4 heteroatoms. The topological polar surface area (TPSA) is 44.4 Å². The van der Waals surface area contributed by atoms with Gasteiger partial charge in [-0.2, -0.15) is 0 Å². The van der Waals surface area contributed by atoms with Crippen molar-refractivity contribution in [2.45, 2.75) is 44.9 Å². The van der Waals surface area contributed by atoms with Gasteiger partial charge in [0.05, 0.1) is 0 Å². The van der Waals surface area contributed by atoms with Crippen molar-refractivity contribution in [3.63, 3.8) is 0 Å². The van der Waals surface area contributed by atoms with E-state index in [4.69, 9.17) is 0 Å². The average molecular weight is 378 g/mol. The maximum Gasteiger partial charge on any atom is 0.319 e. The lowest BCUT2D eigenvalue weighted by molar-refractivity contribution is 0.251. The van der Waals surface area contributed by atoms with Crippen molar-refractivity contribution in [3.8, 4) is 0 Å². The Balaban J connectivity index is 1.29. The number of urea groups is 1. The average Bonchev–Trinajstić information content (AvgIpc) is 3.49. The number of benzene rings is 2. The van der Waals surface area contributed by atoms with Crippen molar-refractivity contribution < 1.29 is 4.79 Å². The van der Waals surface area contributed by atoms with E-state index in [1.807, 2.05) is 12.1 Å². The Kier molecular flexibility index (Phi) is 5.29. The lowest BCUT2D eigenvalue weighted by atomic mass is 9.95. The van der Waals surface area contributed by atoms with E-state index >= 15 is 0 Å². The van der Waals surface area contributed by atoms with E-state index in [2.05, 4.69) is 65.8 Å². The van der Waals surface area contributed by atoms with Crippen LogP contribution in [0.5, 0.6) is 0 Å². The van der Waals surface area contributed by atoms with Crippen LogP contribution in [0.25, 0.3) is 0 Å². The normalized spacial score (nSPS) is 18.6. The van der Waals surface area contributed by atoms with Crippen LogP contribution in [-0.4, -0.2) is 25.7 Å². The van der Waals surface area contributed by atoms with Gasteiger partial charge in [-0.25, -0.2) is 4.79 Å². The van der Waals surface area contributed by atoms with Gasteiger partial charge in [0.1, 0.15) is 0 Å². The summed E-state index contributed by atoms with van der Waals surface area (Å²) in [5.74, 6) is 0.829. The van der Waals surface area contributed by atoms with Gasteiger partial charge in [0.25, 0.3) is 0 Å². The van der Waals surface area contributed by atoms with E-state index < -0.39 is 0 Å². The van der Waals surface area contributed by atoms with Gasteiger partial charge in [-0.3, -0.25) is 0 Å². The summed E-state index contributed by atoms with van der Waals surface area (Å²) < 4.78 is 0. The molecule has 1 saturated heterocycles. The van der Waals surface area contributed by atoms with Crippen molar-refractivity contribution in [2.24, 2.45) is 5.92 Å². The largest absolute Gasteiger partial charge is 0.372 e. The van der Waals surface area contributed by atoms with Gasteiger partial charge < -0.3 is 15.5 Å². The molecule has 2 amide bonds. The first-order chi connectivity index (χ1) is 13.5. The SMILES string of the molecule is Cc1ccc(C2(CNC(=O)Nc3ccc(N4CCC(C)CC4)cc3)CC2)cc1. The fourth-order valence-electron chi connectivity index (χ4n) is 4.07. The molecular formula is C24H31N3O. The summed E-state index contributed by atoms with van der Waals surface area (Å²) in [5.41, 5.74) is 4.81. The molecule has 0 atom stereocenters. The van der Waals surface area contributed by atoms with E-state index in [0.29, 0.717) is 6.54 Å². The minimum Gasteiger partial charge on any atom is -0.372 e. The number of hydrogen-bond acceptors (Lipinski definition) is 2. The zero-order chi connectivity index (χ0) is 19.6. The molecule has 2 fully saturated rings. The van der Waals surface area contributed by atoms with Crippen molar-refractivity contribution in [1.29, 1.82) is 0 Å². The highest BCUT2D eigenvalue weighted by Gasteiger charge is 2.44. The highest BCUT2D eigenvalue weighted by molar-refractivity contribution is 5.89. The fraction of sp³-hybridized carbons (Fsp3) is 0.458. The van der Waals surface area contributed by atoms with E-state index in [1.54, 1.807) is 0 Å². The molecule has 1 heterocycles. The first-order valence-corrected chi connectivity index (χ1v) is 10.5. The van der Waals surface area contributed by atoms with E-state index in [1.165, 1.54) is 29.7 Å². The van der Waals surface area contributed by atoms with Crippen LogP contribution < -0.4 is 15.5 Å². The number of piperidine rings is 1. The maximum absolute atomic E-state index is 12.4. The summed E-state index contributed by atoms with van der Waals surface area (Å²) in [6.45, 7) is 7.36. The number of hydrogen-bond donors (Lipinski definition) is 2. The Bertz CT molecular complexity index is 801. The molecule has 2 N–H and O–H groups in total. The van der Waals surface area contributed by atoms with Gasteiger partial charge in [-0.15, -0.1) is 0 Å². The molecule has 4 rings (SSSR count). The minimum atomic E-state index is -0.127. The molecule has 0 aromatic heterocycles. The summed E-state index contributed by atoms with van der Waals surface area (Å²) in [6.07, 6.45) is 4.79. The highest BCUT2D eigenvalue weighted by Crippen LogP contribution is 2.47. The first-order valence-electron chi connectivity index (χ1n) is 10.5. The van der Waals surface area contributed by atoms with Gasteiger partial charge in [0.15, 0.2) is 0 Å². The number of rotatable bonds is 5. The van der Waals surface area contributed by atoms with E-state index in [9.17, 15) is 4.79 Å². The Labute approximate surface area is 168 Å². The zero-order valence-electron chi connectivity index (χ0n) is 17.0. The maximum atomic E-state index is 12.4. The third kappa shape index (κ3) is 4.32. The monoisotopic (exact) mass is 377 g/mol. The first kappa shape index (κ1) is 18.9. The molecule has 1 aliphatic heterocycles. The summed E-state index contributed by atoms with van der Waals surface area (Å²) in [4.78, 5) is 14.8. The standard InChI is InChI=1S/C24H31N3O/c1-18-3-5-20(6-4-18)24(13-14-24)17-25-23(28)26-21-7-9-22(10-8-21)27-15-11-19(2)12-16-27/h3-10,19H,11-17H2,1-2H3,(H2,25,26,28). The molecule has 0 bridgehead atoms. The predicted molar refractivity (Wildman–Crippen MR) is 116 cm³/mol. The fourth-order valence-corrected chi connectivity index (χ4v) is 4.07. The van der Waals surface area contributed by atoms with Gasteiger partial charge in [-0.05, 0) is 68.4 Å².